The summed E-state index contributed by atoms with van der Waals surface area (Å²) in [5, 5.41) is 12.0. The van der Waals surface area contributed by atoms with Crippen molar-refractivity contribution in [1.82, 2.24) is 9.97 Å². The Bertz CT molecular complexity index is 1940. The molecule has 1 N–H and O–H groups in total. The Morgan fingerprint density at radius 1 is 0.780 bits per heavy atom. The maximum absolute atomic E-state index is 10.8. The third-order valence-electron chi connectivity index (χ3n) is 7.97. The molecular weight excluding hydrogens is 504 g/mol. The molecule has 6 rings (SSSR count). The largest absolute Gasteiger partial charge is 0.507 e. The number of rotatable bonds is 4. The lowest BCUT2D eigenvalue weighted by molar-refractivity contribution is 0.473. The van der Waals surface area contributed by atoms with Gasteiger partial charge in [0.15, 0.2) is 5.58 Å². The molecule has 0 amide bonds. The molecule has 0 spiro atoms. The average Bonchev–Trinajstić information content (AvgIpc) is 3.36. The number of nitrogens with zero attached hydrogens (tertiary/aromatic N) is 2. The Labute approximate surface area is 241 Å². The van der Waals surface area contributed by atoms with Gasteiger partial charge in [0.25, 0.3) is 0 Å². The predicted molar refractivity (Wildman–Crippen MR) is 170 cm³/mol. The van der Waals surface area contributed by atoms with Crippen molar-refractivity contribution in [3.05, 3.63) is 101 Å². The summed E-state index contributed by atoms with van der Waals surface area (Å²) in [5.41, 5.74) is 12.0. The quantitative estimate of drug-likeness (QED) is 0.242. The van der Waals surface area contributed by atoms with Crippen LogP contribution in [0.2, 0.25) is 0 Å². The maximum Gasteiger partial charge on any atom is 0.231 e. The molecule has 4 nitrogen and oxygen atoms in total. The number of hydrogen-bond donors (Lipinski definition) is 1. The number of para-hydroxylation sites is 1. The minimum absolute atomic E-state index is 0.0720. The molecular formula is C37H36N2O2. The standard InChI is InChI=1S/C37H36N2O2/c1-21(2)24-18-30(35-33(19-24)41-36(39-35)31-20-27(37(5,6)7)11-12-32(31)40)26-16-22(3)15-25(17-26)29-10-8-9-28-23(4)13-14-38-34(28)29/h8-21,40H,1-7H3. The van der Waals surface area contributed by atoms with Crippen LogP contribution >= 0.6 is 0 Å². The first kappa shape index (κ1) is 26.8. The van der Waals surface area contributed by atoms with Crippen molar-refractivity contribution in [2.24, 2.45) is 0 Å². The fourth-order valence-corrected chi connectivity index (χ4v) is 5.53. The minimum Gasteiger partial charge on any atom is -0.507 e. The van der Waals surface area contributed by atoms with Crippen molar-refractivity contribution >= 4 is 22.0 Å². The Morgan fingerprint density at radius 2 is 1.54 bits per heavy atom. The lowest BCUT2D eigenvalue weighted by Gasteiger charge is -2.19. The molecule has 41 heavy (non-hydrogen) atoms. The van der Waals surface area contributed by atoms with Crippen molar-refractivity contribution in [1.29, 1.82) is 0 Å². The van der Waals surface area contributed by atoms with Crippen molar-refractivity contribution in [3.8, 4) is 39.5 Å². The van der Waals surface area contributed by atoms with Crippen LogP contribution in [0.15, 0.2) is 83.4 Å². The van der Waals surface area contributed by atoms with Gasteiger partial charge in [0.1, 0.15) is 11.3 Å². The Morgan fingerprint density at radius 3 is 2.27 bits per heavy atom. The zero-order chi connectivity index (χ0) is 29.1. The summed E-state index contributed by atoms with van der Waals surface area (Å²) < 4.78 is 6.39. The molecule has 0 atom stereocenters. The molecule has 0 aliphatic heterocycles. The van der Waals surface area contributed by atoms with Crippen LogP contribution in [0.1, 0.15) is 62.8 Å². The van der Waals surface area contributed by atoms with Crippen LogP contribution in [0.5, 0.6) is 5.75 Å². The zero-order valence-corrected chi connectivity index (χ0v) is 24.8. The number of aryl methyl sites for hydroxylation is 2. The van der Waals surface area contributed by atoms with E-state index in [0.29, 0.717) is 23.0 Å². The van der Waals surface area contributed by atoms with E-state index in [4.69, 9.17) is 14.4 Å². The van der Waals surface area contributed by atoms with Gasteiger partial charge in [0.05, 0.1) is 11.1 Å². The summed E-state index contributed by atoms with van der Waals surface area (Å²) in [5.74, 6) is 0.887. The van der Waals surface area contributed by atoms with Crippen molar-refractivity contribution in [3.63, 3.8) is 0 Å². The topological polar surface area (TPSA) is 59.2 Å². The van der Waals surface area contributed by atoms with Gasteiger partial charge < -0.3 is 9.52 Å². The second-order valence-corrected chi connectivity index (χ2v) is 12.5. The van der Waals surface area contributed by atoms with E-state index in [-0.39, 0.29) is 11.2 Å². The normalized spacial score (nSPS) is 12.1. The molecule has 0 saturated heterocycles. The van der Waals surface area contributed by atoms with Gasteiger partial charge in [-0.1, -0.05) is 71.0 Å². The van der Waals surface area contributed by atoms with E-state index < -0.39 is 0 Å². The molecule has 0 fully saturated rings. The molecule has 4 heteroatoms. The van der Waals surface area contributed by atoms with Crippen LogP contribution in [-0.2, 0) is 5.41 Å². The van der Waals surface area contributed by atoms with Gasteiger partial charge in [-0.25, -0.2) is 4.98 Å². The van der Waals surface area contributed by atoms with E-state index in [1.54, 1.807) is 6.07 Å². The highest BCUT2D eigenvalue weighted by molar-refractivity contribution is 5.98. The molecule has 0 aliphatic carbocycles. The number of benzene rings is 4. The number of aromatic hydroxyl groups is 1. The molecule has 0 aliphatic rings. The van der Waals surface area contributed by atoms with Crippen LogP contribution < -0.4 is 0 Å². The molecule has 206 valence electrons. The van der Waals surface area contributed by atoms with Gasteiger partial charge in [-0.2, -0.15) is 0 Å². The van der Waals surface area contributed by atoms with E-state index in [9.17, 15) is 5.11 Å². The zero-order valence-electron chi connectivity index (χ0n) is 24.8. The molecule has 2 aromatic heterocycles. The number of hydrogen-bond acceptors (Lipinski definition) is 4. The summed E-state index contributed by atoms with van der Waals surface area (Å²) in [6.07, 6.45) is 1.88. The monoisotopic (exact) mass is 540 g/mol. The summed E-state index contributed by atoms with van der Waals surface area (Å²) in [6, 6.07) is 25.1. The van der Waals surface area contributed by atoms with Crippen LogP contribution in [0.3, 0.4) is 0 Å². The highest BCUT2D eigenvalue weighted by Gasteiger charge is 2.21. The lowest BCUT2D eigenvalue weighted by atomic mass is 9.86. The van der Waals surface area contributed by atoms with Crippen molar-refractivity contribution in [2.75, 3.05) is 0 Å². The Kier molecular flexibility index (Phi) is 6.45. The molecule has 0 radical (unpaired) electrons. The van der Waals surface area contributed by atoms with Crippen LogP contribution in [-0.4, -0.2) is 15.1 Å². The molecule has 2 heterocycles. The van der Waals surface area contributed by atoms with Gasteiger partial charge in [-0.15, -0.1) is 0 Å². The molecule has 0 unspecified atom stereocenters. The first-order valence-corrected chi connectivity index (χ1v) is 14.2. The number of aromatic nitrogens is 2. The highest BCUT2D eigenvalue weighted by atomic mass is 16.3. The second kappa shape index (κ2) is 9.88. The lowest BCUT2D eigenvalue weighted by Crippen LogP contribution is -2.10. The van der Waals surface area contributed by atoms with Crippen molar-refractivity contribution < 1.29 is 9.52 Å². The van der Waals surface area contributed by atoms with E-state index in [0.717, 1.165) is 49.8 Å². The Balaban J connectivity index is 1.57. The highest BCUT2D eigenvalue weighted by Crippen LogP contribution is 2.40. The van der Waals surface area contributed by atoms with Gasteiger partial charge >= 0.3 is 0 Å². The molecule has 0 bridgehead atoms. The average molecular weight is 541 g/mol. The number of phenolic OH excluding ortho intramolecular Hbond substituents is 1. The van der Waals surface area contributed by atoms with Crippen molar-refractivity contribution in [2.45, 2.75) is 59.8 Å². The first-order valence-electron chi connectivity index (χ1n) is 14.2. The predicted octanol–water partition coefficient (Wildman–Crippen LogP) is 10.1. The molecule has 0 saturated carbocycles. The summed E-state index contributed by atoms with van der Waals surface area (Å²) in [7, 11) is 0. The third-order valence-corrected chi connectivity index (χ3v) is 7.97. The summed E-state index contributed by atoms with van der Waals surface area (Å²) in [6.45, 7) is 15.1. The number of phenols is 1. The number of pyridine rings is 1. The van der Waals surface area contributed by atoms with E-state index >= 15 is 0 Å². The summed E-state index contributed by atoms with van der Waals surface area (Å²) in [4.78, 5) is 9.75. The number of fused-ring (bicyclic) bond motifs is 2. The van der Waals surface area contributed by atoms with Crippen LogP contribution in [0.25, 0.3) is 55.7 Å². The van der Waals surface area contributed by atoms with E-state index in [1.807, 2.05) is 18.3 Å². The molecule has 6 aromatic rings. The van der Waals surface area contributed by atoms with E-state index in [1.165, 1.54) is 11.1 Å². The van der Waals surface area contributed by atoms with Gasteiger partial charge in [-0.05, 0) is 95.0 Å². The number of oxazole rings is 1. The Hall–Kier alpha value is -4.44. The maximum atomic E-state index is 10.8. The SMILES string of the molecule is Cc1cc(-c2cc(C(C)C)cc3oc(-c4cc(C(C)(C)C)ccc4O)nc23)cc(-c2cccc3c(C)ccnc23)c1. The van der Waals surface area contributed by atoms with Gasteiger partial charge in [0.2, 0.25) is 5.89 Å². The van der Waals surface area contributed by atoms with Gasteiger partial charge in [-0.3, -0.25) is 4.98 Å². The molecule has 4 aromatic carbocycles. The van der Waals surface area contributed by atoms with Crippen LogP contribution in [0.4, 0.5) is 0 Å². The van der Waals surface area contributed by atoms with E-state index in [2.05, 4.69) is 103 Å². The minimum atomic E-state index is -0.0720. The fraction of sp³-hybridized carbons (Fsp3) is 0.243. The smallest absolute Gasteiger partial charge is 0.231 e. The second-order valence-electron chi connectivity index (χ2n) is 12.5. The van der Waals surface area contributed by atoms with Crippen LogP contribution in [0, 0.1) is 13.8 Å². The summed E-state index contributed by atoms with van der Waals surface area (Å²) >= 11 is 0. The van der Waals surface area contributed by atoms with Gasteiger partial charge in [0, 0.05) is 22.7 Å². The fourth-order valence-electron chi connectivity index (χ4n) is 5.53. The first-order chi connectivity index (χ1) is 19.5. The third kappa shape index (κ3) is 4.88.